The van der Waals surface area contributed by atoms with E-state index in [0.29, 0.717) is 13.0 Å². The van der Waals surface area contributed by atoms with Gasteiger partial charge in [-0.1, -0.05) is 13.0 Å². The second-order valence-electron chi connectivity index (χ2n) is 4.49. The Hall–Kier alpha value is -1.71. The maximum atomic E-state index is 11.0. The molecule has 0 spiro atoms. The molecule has 0 fully saturated rings. The third-order valence-corrected chi connectivity index (χ3v) is 3.00. The number of anilines is 1. The fourth-order valence-electron chi connectivity index (χ4n) is 2.00. The number of aryl methyl sites for hydroxylation is 2. The van der Waals surface area contributed by atoms with E-state index in [2.05, 4.69) is 5.32 Å². The largest absolute Gasteiger partial charge is 0.494 e. The summed E-state index contributed by atoms with van der Waals surface area (Å²) < 4.78 is 5.35. The third kappa shape index (κ3) is 3.39. The van der Waals surface area contributed by atoms with Gasteiger partial charge < -0.3 is 15.2 Å². The Balaban J connectivity index is 2.87. The summed E-state index contributed by atoms with van der Waals surface area (Å²) in [7, 11) is 1.62. The van der Waals surface area contributed by atoms with Crippen LogP contribution in [0.4, 0.5) is 5.69 Å². The first-order valence-corrected chi connectivity index (χ1v) is 6.11. The molecule has 0 aliphatic carbocycles. The lowest BCUT2D eigenvalue weighted by Gasteiger charge is -2.17. The van der Waals surface area contributed by atoms with E-state index in [4.69, 9.17) is 9.84 Å². The fraction of sp³-hybridized carbons (Fsp3) is 0.500. The Morgan fingerprint density at radius 3 is 2.61 bits per heavy atom. The number of nitrogens with one attached hydrogen (secondary N) is 1. The molecule has 0 aliphatic rings. The summed E-state index contributed by atoms with van der Waals surface area (Å²) in [5.74, 6) is -0.371. The molecule has 0 saturated heterocycles. The number of benzene rings is 1. The standard InChI is InChI=1S/C14H21NO3/c1-5-11(14(16)17)8-15-12-7-9(2)6-10(3)13(12)18-4/h6-7,11,15H,5,8H2,1-4H3,(H,16,17). The van der Waals surface area contributed by atoms with Crippen molar-refractivity contribution in [3.05, 3.63) is 23.3 Å². The highest BCUT2D eigenvalue weighted by Gasteiger charge is 2.16. The Morgan fingerprint density at radius 2 is 2.11 bits per heavy atom. The minimum atomic E-state index is -0.770. The van der Waals surface area contributed by atoms with E-state index in [9.17, 15) is 4.79 Å². The first kappa shape index (κ1) is 14.4. The van der Waals surface area contributed by atoms with Gasteiger partial charge in [0.2, 0.25) is 0 Å². The molecule has 0 saturated carbocycles. The number of hydrogen-bond donors (Lipinski definition) is 2. The van der Waals surface area contributed by atoms with Gasteiger partial charge in [-0.3, -0.25) is 4.79 Å². The molecule has 1 aromatic rings. The lowest BCUT2D eigenvalue weighted by molar-refractivity contribution is -0.141. The summed E-state index contributed by atoms with van der Waals surface area (Å²) in [5.41, 5.74) is 3.03. The third-order valence-electron chi connectivity index (χ3n) is 3.00. The predicted molar refractivity (Wildman–Crippen MR) is 72.4 cm³/mol. The Morgan fingerprint density at radius 1 is 1.44 bits per heavy atom. The first-order chi connectivity index (χ1) is 8.49. The van der Waals surface area contributed by atoms with Crippen LogP contribution in [0, 0.1) is 19.8 Å². The van der Waals surface area contributed by atoms with Gasteiger partial charge in [0.15, 0.2) is 0 Å². The molecular formula is C14H21NO3. The van der Waals surface area contributed by atoms with Gasteiger partial charge in [-0.05, 0) is 37.5 Å². The van der Waals surface area contributed by atoms with E-state index in [1.54, 1.807) is 7.11 Å². The van der Waals surface area contributed by atoms with E-state index in [1.165, 1.54) is 0 Å². The number of ether oxygens (including phenoxy) is 1. The molecule has 0 aliphatic heterocycles. The van der Waals surface area contributed by atoms with Crippen molar-refractivity contribution in [1.82, 2.24) is 0 Å². The predicted octanol–water partition coefficient (Wildman–Crippen LogP) is 2.83. The van der Waals surface area contributed by atoms with E-state index in [0.717, 1.165) is 22.6 Å². The van der Waals surface area contributed by atoms with Crippen LogP contribution in [0.15, 0.2) is 12.1 Å². The molecule has 4 heteroatoms. The van der Waals surface area contributed by atoms with Gasteiger partial charge >= 0.3 is 5.97 Å². The summed E-state index contributed by atoms with van der Waals surface area (Å²) >= 11 is 0. The molecular weight excluding hydrogens is 230 g/mol. The molecule has 1 unspecified atom stereocenters. The van der Waals surface area contributed by atoms with Crippen LogP contribution in [-0.4, -0.2) is 24.7 Å². The van der Waals surface area contributed by atoms with Gasteiger partial charge in [-0.2, -0.15) is 0 Å². The number of hydrogen-bond acceptors (Lipinski definition) is 3. The van der Waals surface area contributed by atoms with Gasteiger partial charge in [0.25, 0.3) is 0 Å². The smallest absolute Gasteiger partial charge is 0.308 e. The van der Waals surface area contributed by atoms with E-state index >= 15 is 0 Å². The summed E-state index contributed by atoms with van der Waals surface area (Å²) in [6.45, 7) is 6.27. The zero-order valence-corrected chi connectivity index (χ0v) is 11.4. The Kier molecular flexibility index (Phi) is 5.01. The van der Waals surface area contributed by atoms with Crippen LogP contribution < -0.4 is 10.1 Å². The number of carbonyl (C=O) groups is 1. The highest BCUT2D eigenvalue weighted by molar-refractivity contribution is 5.71. The lowest BCUT2D eigenvalue weighted by atomic mass is 10.1. The highest BCUT2D eigenvalue weighted by atomic mass is 16.5. The maximum Gasteiger partial charge on any atom is 0.308 e. The van der Waals surface area contributed by atoms with Crippen LogP contribution in [0.3, 0.4) is 0 Å². The molecule has 0 heterocycles. The molecule has 0 bridgehead atoms. The number of rotatable bonds is 6. The van der Waals surface area contributed by atoms with Crippen molar-refractivity contribution in [1.29, 1.82) is 0 Å². The minimum Gasteiger partial charge on any atom is -0.494 e. The second-order valence-corrected chi connectivity index (χ2v) is 4.49. The van der Waals surface area contributed by atoms with Crippen LogP contribution in [0.25, 0.3) is 0 Å². The molecule has 0 amide bonds. The molecule has 18 heavy (non-hydrogen) atoms. The van der Waals surface area contributed by atoms with Crippen molar-refractivity contribution in [2.45, 2.75) is 27.2 Å². The zero-order valence-electron chi connectivity index (χ0n) is 11.4. The van der Waals surface area contributed by atoms with Gasteiger partial charge in [0.05, 0.1) is 18.7 Å². The van der Waals surface area contributed by atoms with Crippen LogP contribution >= 0.6 is 0 Å². The maximum absolute atomic E-state index is 11.0. The molecule has 0 radical (unpaired) electrons. The van der Waals surface area contributed by atoms with Crippen LogP contribution in [0.1, 0.15) is 24.5 Å². The Bertz CT molecular complexity index is 429. The molecule has 1 rings (SSSR count). The molecule has 2 N–H and O–H groups in total. The van der Waals surface area contributed by atoms with E-state index in [1.807, 2.05) is 32.9 Å². The van der Waals surface area contributed by atoms with Gasteiger partial charge in [-0.25, -0.2) is 0 Å². The quantitative estimate of drug-likeness (QED) is 0.816. The number of aliphatic carboxylic acids is 1. The zero-order chi connectivity index (χ0) is 13.7. The minimum absolute atomic E-state index is 0.379. The highest BCUT2D eigenvalue weighted by Crippen LogP contribution is 2.30. The number of carboxylic acid groups (broad SMARTS) is 1. The van der Waals surface area contributed by atoms with Crippen LogP contribution in [0.5, 0.6) is 5.75 Å². The number of carboxylic acids is 1. The van der Waals surface area contributed by atoms with Gasteiger partial charge in [0.1, 0.15) is 5.75 Å². The van der Waals surface area contributed by atoms with Crippen molar-refractivity contribution in [3.8, 4) is 5.75 Å². The molecule has 1 atom stereocenters. The summed E-state index contributed by atoms with van der Waals surface area (Å²) in [6.07, 6.45) is 0.607. The van der Waals surface area contributed by atoms with E-state index in [-0.39, 0.29) is 5.92 Å². The SMILES string of the molecule is CCC(CNc1cc(C)cc(C)c1OC)C(=O)O. The molecule has 0 aromatic heterocycles. The topological polar surface area (TPSA) is 58.6 Å². The van der Waals surface area contributed by atoms with E-state index < -0.39 is 5.97 Å². The van der Waals surface area contributed by atoms with Gasteiger partial charge in [-0.15, -0.1) is 0 Å². The molecule has 100 valence electrons. The summed E-state index contributed by atoms with van der Waals surface area (Å²) in [5, 5.41) is 12.2. The van der Waals surface area contributed by atoms with Crippen molar-refractivity contribution >= 4 is 11.7 Å². The normalized spacial score (nSPS) is 12.0. The van der Waals surface area contributed by atoms with Crippen LogP contribution in [0.2, 0.25) is 0 Å². The summed E-state index contributed by atoms with van der Waals surface area (Å²) in [6, 6.07) is 4.01. The monoisotopic (exact) mass is 251 g/mol. The first-order valence-electron chi connectivity index (χ1n) is 6.11. The average molecular weight is 251 g/mol. The fourth-order valence-corrected chi connectivity index (χ4v) is 2.00. The Labute approximate surface area is 108 Å². The van der Waals surface area contributed by atoms with Crippen LogP contribution in [-0.2, 0) is 4.79 Å². The van der Waals surface area contributed by atoms with Crippen molar-refractivity contribution in [2.75, 3.05) is 19.0 Å². The molecule has 1 aromatic carbocycles. The van der Waals surface area contributed by atoms with Crippen molar-refractivity contribution in [3.63, 3.8) is 0 Å². The number of methoxy groups -OCH3 is 1. The summed E-state index contributed by atoms with van der Waals surface area (Å²) in [4.78, 5) is 11.0. The van der Waals surface area contributed by atoms with Crippen molar-refractivity contribution in [2.24, 2.45) is 5.92 Å². The second kappa shape index (κ2) is 6.28. The van der Waals surface area contributed by atoms with Gasteiger partial charge in [0, 0.05) is 6.54 Å². The average Bonchev–Trinajstić information content (AvgIpc) is 2.28. The van der Waals surface area contributed by atoms with Crippen molar-refractivity contribution < 1.29 is 14.6 Å². The molecule has 4 nitrogen and oxygen atoms in total. The lowest BCUT2D eigenvalue weighted by Crippen LogP contribution is -2.22.